The number of fused-ring (bicyclic) bond motifs is 3. The Morgan fingerprint density at radius 2 is 2.11 bits per heavy atom. The van der Waals surface area contributed by atoms with Gasteiger partial charge in [-0.05, 0) is 12.5 Å². The molecular weight excluding hydrogens is 232 g/mol. The van der Waals surface area contributed by atoms with Crippen LogP contribution in [-0.4, -0.2) is 9.97 Å². The monoisotopic (exact) mass is 250 g/mol. The lowest BCUT2D eigenvalue weighted by molar-refractivity contribution is 0.959. The summed E-state index contributed by atoms with van der Waals surface area (Å²) in [5, 5.41) is 4.60. The van der Waals surface area contributed by atoms with E-state index >= 15 is 0 Å². The first-order valence-electron chi connectivity index (χ1n) is 6.75. The van der Waals surface area contributed by atoms with Gasteiger partial charge in [0.15, 0.2) is 0 Å². The van der Waals surface area contributed by atoms with E-state index in [-0.39, 0.29) is 0 Å². The Morgan fingerprint density at radius 1 is 1.21 bits per heavy atom. The Hall–Kier alpha value is -2.22. The lowest BCUT2D eigenvalue weighted by atomic mass is 10.1. The number of allylic oxidation sites excluding steroid dienone is 2. The van der Waals surface area contributed by atoms with Gasteiger partial charge in [-0.25, -0.2) is 0 Å². The van der Waals surface area contributed by atoms with E-state index in [9.17, 15) is 0 Å². The van der Waals surface area contributed by atoms with Crippen LogP contribution >= 0.6 is 0 Å². The van der Waals surface area contributed by atoms with Gasteiger partial charge in [-0.2, -0.15) is 0 Å². The summed E-state index contributed by atoms with van der Waals surface area (Å²) in [7, 11) is 0. The molecule has 2 aromatic heterocycles. The molecule has 3 rings (SSSR count). The molecule has 0 bridgehead atoms. The van der Waals surface area contributed by atoms with Gasteiger partial charge < -0.3 is 9.97 Å². The average molecular weight is 250 g/mol. The predicted octanol–water partition coefficient (Wildman–Crippen LogP) is 3.20. The summed E-state index contributed by atoms with van der Waals surface area (Å²) in [5.74, 6) is 0. The van der Waals surface area contributed by atoms with Crippen molar-refractivity contribution in [2.75, 3.05) is 0 Å². The third-order valence-corrected chi connectivity index (χ3v) is 3.47. The van der Waals surface area contributed by atoms with Crippen molar-refractivity contribution in [2.45, 2.75) is 19.8 Å². The second-order valence-corrected chi connectivity index (χ2v) is 4.83. The van der Waals surface area contributed by atoms with Crippen LogP contribution in [0.15, 0.2) is 36.5 Å². The van der Waals surface area contributed by atoms with Crippen LogP contribution in [0.2, 0.25) is 0 Å². The van der Waals surface area contributed by atoms with Crippen LogP contribution < -0.4 is 10.6 Å². The van der Waals surface area contributed by atoms with Crippen LogP contribution in [0.25, 0.3) is 34.5 Å². The van der Waals surface area contributed by atoms with Gasteiger partial charge in [0.1, 0.15) is 0 Å². The predicted molar refractivity (Wildman–Crippen MR) is 83.4 cm³/mol. The molecular formula is C17H18N2. The second kappa shape index (κ2) is 4.81. The standard InChI is InChI=1S/C17H18N2/c1-3-4-5-6-7-14-12(2)19-17-15(14)9-8-13-10-11-18-16(13)17/h5-11,18-19H,2-4H2,1H3/b6-5-,14-7+. The molecule has 1 aromatic carbocycles. The molecule has 0 amide bonds. The quantitative estimate of drug-likeness (QED) is 0.715. The van der Waals surface area contributed by atoms with E-state index in [1.54, 1.807) is 0 Å². The molecule has 2 N–H and O–H groups in total. The molecule has 0 saturated heterocycles. The first-order valence-corrected chi connectivity index (χ1v) is 6.75. The molecule has 0 saturated carbocycles. The number of rotatable bonds is 3. The zero-order chi connectivity index (χ0) is 13.2. The van der Waals surface area contributed by atoms with E-state index in [1.165, 1.54) is 22.4 Å². The van der Waals surface area contributed by atoms with Crippen molar-refractivity contribution in [3.63, 3.8) is 0 Å². The number of hydrogen-bond acceptors (Lipinski definition) is 0. The molecule has 2 heterocycles. The summed E-state index contributed by atoms with van der Waals surface area (Å²) in [5.41, 5.74) is 2.29. The maximum atomic E-state index is 4.11. The number of benzene rings is 1. The highest BCUT2D eigenvalue weighted by Crippen LogP contribution is 2.19. The van der Waals surface area contributed by atoms with Crippen molar-refractivity contribution in [1.29, 1.82) is 0 Å². The molecule has 0 spiro atoms. The first kappa shape index (κ1) is 11.8. The zero-order valence-corrected chi connectivity index (χ0v) is 11.2. The fraction of sp³-hybridized carbons (Fsp3) is 0.176. The Kier molecular flexibility index (Phi) is 3.00. The number of aromatic amines is 2. The molecule has 3 aromatic rings. The van der Waals surface area contributed by atoms with Gasteiger partial charge in [0.25, 0.3) is 0 Å². The lowest BCUT2D eigenvalue weighted by Crippen LogP contribution is -2.19. The number of hydrogen-bond donors (Lipinski definition) is 2. The minimum absolute atomic E-state index is 0.971. The summed E-state index contributed by atoms with van der Waals surface area (Å²) in [6, 6.07) is 6.40. The van der Waals surface area contributed by atoms with E-state index in [4.69, 9.17) is 0 Å². The van der Waals surface area contributed by atoms with Crippen LogP contribution in [0.4, 0.5) is 0 Å². The van der Waals surface area contributed by atoms with Gasteiger partial charge in [0.05, 0.1) is 11.0 Å². The number of unbranched alkanes of at least 4 members (excludes halogenated alkanes) is 1. The van der Waals surface area contributed by atoms with Crippen LogP contribution in [-0.2, 0) is 0 Å². The van der Waals surface area contributed by atoms with Gasteiger partial charge >= 0.3 is 0 Å². The van der Waals surface area contributed by atoms with Gasteiger partial charge in [-0.3, -0.25) is 0 Å². The van der Waals surface area contributed by atoms with Crippen molar-refractivity contribution in [1.82, 2.24) is 9.97 Å². The molecule has 2 nitrogen and oxygen atoms in total. The number of aromatic nitrogens is 2. The van der Waals surface area contributed by atoms with Gasteiger partial charge in [0.2, 0.25) is 0 Å². The van der Waals surface area contributed by atoms with E-state index < -0.39 is 0 Å². The van der Waals surface area contributed by atoms with Crippen molar-refractivity contribution in [3.05, 3.63) is 47.1 Å². The summed E-state index contributed by atoms with van der Waals surface area (Å²) in [6.07, 6.45) is 10.7. The molecule has 0 unspecified atom stereocenters. The third-order valence-electron chi connectivity index (χ3n) is 3.47. The molecule has 0 aliphatic carbocycles. The van der Waals surface area contributed by atoms with Gasteiger partial charge in [0, 0.05) is 27.5 Å². The highest BCUT2D eigenvalue weighted by Gasteiger charge is 2.04. The molecule has 96 valence electrons. The molecule has 0 atom stereocenters. The summed E-state index contributed by atoms with van der Waals surface area (Å²) in [4.78, 5) is 6.68. The highest BCUT2D eigenvalue weighted by atomic mass is 14.7. The third kappa shape index (κ3) is 1.99. The molecule has 0 aliphatic rings. The minimum atomic E-state index is 0.971. The average Bonchev–Trinajstić information content (AvgIpc) is 2.99. The molecule has 2 heteroatoms. The Labute approximate surface area is 112 Å². The van der Waals surface area contributed by atoms with E-state index in [1.807, 2.05) is 6.20 Å². The highest BCUT2D eigenvalue weighted by molar-refractivity contribution is 6.03. The van der Waals surface area contributed by atoms with Gasteiger partial charge in [-0.15, -0.1) is 0 Å². The van der Waals surface area contributed by atoms with Crippen LogP contribution in [0.3, 0.4) is 0 Å². The number of H-pyrrole nitrogens is 2. The smallest absolute Gasteiger partial charge is 0.0710 e. The maximum absolute atomic E-state index is 4.11. The first-order chi connectivity index (χ1) is 9.31. The van der Waals surface area contributed by atoms with E-state index in [2.05, 4.69) is 59.9 Å². The maximum Gasteiger partial charge on any atom is 0.0710 e. The number of nitrogens with one attached hydrogen (secondary N) is 2. The summed E-state index contributed by atoms with van der Waals surface area (Å²) >= 11 is 0. The fourth-order valence-electron chi connectivity index (χ4n) is 2.48. The zero-order valence-electron chi connectivity index (χ0n) is 11.2. The molecule has 0 fully saturated rings. The van der Waals surface area contributed by atoms with E-state index in [0.717, 1.165) is 22.8 Å². The summed E-state index contributed by atoms with van der Waals surface area (Å²) < 4.78 is 0. The normalized spacial score (nSPS) is 13.2. The fourth-order valence-corrected chi connectivity index (χ4v) is 2.48. The summed E-state index contributed by atoms with van der Waals surface area (Å²) in [6.45, 7) is 6.30. The Balaban J connectivity index is 2.25. The van der Waals surface area contributed by atoms with Crippen LogP contribution in [0, 0.1) is 0 Å². The molecule has 0 aliphatic heterocycles. The topological polar surface area (TPSA) is 31.6 Å². The Morgan fingerprint density at radius 3 is 2.95 bits per heavy atom. The SMILES string of the molecule is C=c1[nH]c2c(ccc3cc[nH]c32)/c1=C/C=C\CCC. The van der Waals surface area contributed by atoms with Gasteiger partial charge in [-0.1, -0.05) is 50.3 Å². The van der Waals surface area contributed by atoms with Crippen molar-refractivity contribution < 1.29 is 0 Å². The lowest BCUT2D eigenvalue weighted by Gasteiger charge is -1.92. The minimum Gasteiger partial charge on any atom is -0.359 e. The second-order valence-electron chi connectivity index (χ2n) is 4.83. The van der Waals surface area contributed by atoms with Crippen molar-refractivity contribution in [3.8, 4) is 0 Å². The largest absolute Gasteiger partial charge is 0.359 e. The van der Waals surface area contributed by atoms with Crippen molar-refractivity contribution >= 4 is 34.5 Å². The van der Waals surface area contributed by atoms with Crippen LogP contribution in [0.5, 0.6) is 0 Å². The van der Waals surface area contributed by atoms with E-state index in [0.29, 0.717) is 0 Å². The molecule has 19 heavy (non-hydrogen) atoms. The Bertz CT molecular complexity index is 847. The molecule has 0 radical (unpaired) electrons. The van der Waals surface area contributed by atoms with Crippen LogP contribution in [0.1, 0.15) is 19.8 Å². The van der Waals surface area contributed by atoms with Crippen molar-refractivity contribution in [2.24, 2.45) is 0 Å².